The zero-order valence-electron chi connectivity index (χ0n) is 20.7. The Morgan fingerprint density at radius 1 is 0.973 bits per heavy atom. The number of hydrogen-bond acceptors (Lipinski definition) is 7. The molecule has 0 bridgehead atoms. The lowest BCUT2D eigenvalue weighted by atomic mass is 10.1. The second-order valence-corrected chi connectivity index (χ2v) is 9.17. The smallest absolute Gasteiger partial charge is 0.283 e. The van der Waals surface area contributed by atoms with E-state index in [0.29, 0.717) is 46.8 Å². The van der Waals surface area contributed by atoms with Gasteiger partial charge >= 0.3 is 0 Å². The number of aromatic amines is 1. The molecule has 8 nitrogen and oxygen atoms in total. The monoisotopic (exact) mass is 514 g/mol. The molecule has 0 spiro atoms. The number of rotatable bonds is 9. The number of para-hydroxylation sites is 3. The highest BCUT2D eigenvalue weighted by Gasteiger charge is 2.21. The van der Waals surface area contributed by atoms with Crippen molar-refractivity contribution in [2.24, 2.45) is 4.99 Å². The highest BCUT2D eigenvalue weighted by molar-refractivity contribution is 7.20. The van der Waals surface area contributed by atoms with Gasteiger partial charge in [0.2, 0.25) is 5.13 Å². The first-order valence-corrected chi connectivity index (χ1v) is 12.5. The van der Waals surface area contributed by atoms with Gasteiger partial charge in [0, 0.05) is 11.3 Å². The van der Waals surface area contributed by atoms with Crippen LogP contribution in [0.25, 0.3) is 26.6 Å². The van der Waals surface area contributed by atoms with Crippen LogP contribution in [0, 0.1) is 0 Å². The Hall–Kier alpha value is -4.37. The molecule has 0 amide bonds. The summed E-state index contributed by atoms with van der Waals surface area (Å²) < 4.78 is 19.0. The van der Waals surface area contributed by atoms with E-state index < -0.39 is 0 Å². The van der Waals surface area contributed by atoms with Gasteiger partial charge in [-0.3, -0.25) is 14.9 Å². The standard InChI is InChI=1S/C28H26N4O4S/c1-18(29-16-17-36-23-10-6-5-9-22(23)35-3)25-26(19-12-14-20(34-2)15-13-19)31-32(27(25)33)28-30-21-8-4-7-11-24(21)37-28/h4-15,31H,16-17H2,1-3H3. The molecule has 9 heteroatoms. The largest absolute Gasteiger partial charge is 0.497 e. The summed E-state index contributed by atoms with van der Waals surface area (Å²) in [6.45, 7) is 2.55. The summed E-state index contributed by atoms with van der Waals surface area (Å²) in [5.74, 6) is 2.04. The zero-order chi connectivity index (χ0) is 25.8. The third-order valence-electron chi connectivity index (χ3n) is 5.87. The number of nitrogens with one attached hydrogen (secondary N) is 1. The van der Waals surface area contributed by atoms with Crippen LogP contribution in [0.2, 0.25) is 0 Å². The number of nitrogens with zero attached hydrogens (tertiary/aromatic N) is 3. The molecule has 0 aliphatic heterocycles. The van der Waals surface area contributed by atoms with Crippen molar-refractivity contribution in [3.05, 3.63) is 88.7 Å². The average Bonchev–Trinajstić information content (AvgIpc) is 3.52. The lowest BCUT2D eigenvalue weighted by Gasteiger charge is -2.09. The van der Waals surface area contributed by atoms with Crippen LogP contribution in [-0.2, 0) is 0 Å². The fourth-order valence-electron chi connectivity index (χ4n) is 4.02. The molecule has 0 atom stereocenters. The van der Waals surface area contributed by atoms with Crippen molar-refractivity contribution in [1.29, 1.82) is 0 Å². The van der Waals surface area contributed by atoms with E-state index in [9.17, 15) is 4.79 Å². The molecule has 0 radical (unpaired) electrons. The van der Waals surface area contributed by atoms with E-state index >= 15 is 0 Å². The number of methoxy groups -OCH3 is 2. The Labute approximate surface area is 217 Å². The van der Waals surface area contributed by atoms with E-state index in [1.165, 1.54) is 16.0 Å². The molecular weight excluding hydrogens is 488 g/mol. The molecule has 5 rings (SSSR count). The minimum atomic E-state index is -0.211. The Kier molecular flexibility index (Phi) is 7.04. The molecule has 0 saturated heterocycles. The molecule has 0 unspecified atom stereocenters. The molecule has 188 valence electrons. The summed E-state index contributed by atoms with van der Waals surface area (Å²) >= 11 is 1.45. The molecule has 0 aliphatic carbocycles. The van der Waals surface area contributed by atoms with Gasteiger partial charge in [0.15, 0.2) is 11.5 Å². The number of aromatic nitrogens is 3. The highest BCUT2D eigenvalue weighted by atomic mass is 32.1. The first kappa shape index (κ1) is 24.3. The molecule has 0 saturated carbocycles. The molecule has 3 aromatic carbocycles. The Bertz CT molecular complexity index is 1580. The molecule has 0 fully saturated rings. The predicted octanol–water partition coefficient (Wildman–Crippen LogP) is 5.35. The SMILES string of the molecule is COc1ccc(-c2[nH]n(-c3nc4ccccc4s3)c(=O)c2C(C)=NCCOc2ccccc2OC)cc1. The molecule has 1 N–H and O–H groups in total. The number of thiazole rings is 1. The number of fused-ring (bicyclic) bond motifs is 1. The number of benzene rings is 3. The average molecular weight is 515 g/mol. The van der Waals surface area contributed by atoms with Crippen molar-refractivity contribution < 1.29 is 14.2 Å². The van der Waals surface area contributed by atoms with E-state index in [-0.39, 0.29) is 5.56 Å². The lowest BCUT2D eigenvalue weighted by molar-refractivity contribution is 0.303. The lowest BCUT2D eigenvalue weighted by Crippen LogP contribution is -2.20. The molecule has 2 aromatic heterocycles. The summed E-state index contributed by atoms with van der Waals surface area (Å²) in [5.41, 5.74) is 3.23. The minimum Gasteiger partial charge on any atom is -0.497 e. The van der Waals surface area contributed by atoms with E-state index in [0.717, 1.165) is 21.5 Å². The first-order valence-electron chi connectivity index (χ1n) is 11.7. The summed E-state index contributed by atoms with van der Waals surface area (Å²) in [6, 6.07) is 22.8. The molecule has 2 heterocycles. The Balaban J connectivity index is 1.49. The number of aliphatic imine (C=N–C) groups is 1. The third kappa shape index (κ3) is 4.99. The summed E-state index contributed by atoms with van der Waals surface area (Å²) in [5, 5.41) is 3.84. The van der Waals surface area contributed by atoms with Crippen LogP contribution in [0.1, 0.15) is 12.5 Å². The normalized spacial score (nSPS) is 11.6. The topological polar surface area (TPSA) is 90.7 Å². The Morgan fingerprint density at radius 3 is 2.43 bits per heavy atom. The van der Waals surface area contributed by atoms with Crippen LogP contribution in [0.15, 0.2) is 82.6 Å². The maximum Gasteiger partial charge on any atom is 0.283 e. The second kappa shape index (κ2) is 10.7. The van der Waals surface area contributed by atoms with Gasteiger partial charge in [-0.15, -0.1) is 0 Å². The number of ether oxygens (including phenoxy) is 3. The van der Waals surface area contributed by atoms with Crippen LogP contribution in [0.5, 0.6) is 17.2 Å². The molecule has 37 heavy (non-hydrogen) atoms. The van der Waals surface area contributed by atoms with Gasteiger partial charge in [-0.1, -0.05) is 35.6 Å². The van der Waals surface area contributed by atoms with Crippen molar-refractivity contribution in [2.45, 2.75) is 6.92 Å². The summed E-state index contributed by atoms with van der Waals surface area (Å²) in [7, 11) is 3.23. The van der Waals surface area contributed by atoms with Crippen LogP contribution < -0.4 is 19.8 Å². The van der Waals surface area contributed by atoms with Gasteiger partial charge in [0.1, 0.15) is 12.4 Å². The molecule has 0 aliphatic rings. The van der Waals surface area contributed by atoms with Gasteiger partial charge < -0.3 is 14.2 Å². The number of hydrogen-bond donors (Lipinski definition) is 1. The molecule has 5 aromatic rings. The minimum absolute atomic E-state index is 0.211. The van der Waals surface area contributed by atoms with Crippen LogP contribution in [-0.4, -0.2) is 47.8 Å². The van der Waals surface area contributed by atoms with Crippen molar-refractivity contribution >= 4 is 27.3 Å². The van der Waals surface area contributed by atoms with Crippen molar-refractivity contribution in [1.82, 2.24) is 14.8 Å². The van der Waals surface area contributed by atoms with Gasteiger partial charge in [0.05, 0.1) is 42.2 Å². The maximum atomic E-state index is 13.7. The Morgan fingerprint density at radius 2 is 1.70 bits per heavy atom. The highest BCUT2D eigenvalue weighted by Crippen LogP contribution is 2.28. The fourth-order valence-corrected chi connectivity index (χ4v) is 4.94. The second-order valence-electron chi connectivity index (χ2n) is 8.16. The maximum absolute atomic E-state index is 13.7. The van der Waals surface area contributed by atoms with Crippen molar-refractivity contribution in [3.8, 4) is 33.6 Å². The zero-order valence-corrected chi connectivity index (χ0v) is 21.5. The third-order valence-corrected chi connectivity index (χ3v) is 6.89. The van der Waals surface area contributed by atoms with E-state index in [2.05, 4.69) is 15.1 Å². The van der Waals surface area contributed by atoms with Crippen LogP contribution in [0.3, 0.4) is 0 Å². The number of H-pyrrole nitrogens is 1. The summed E-state index contributed by atoms with van der Waals surface area (Å²) in [4.78, 5) is 23.0. The molecular formula is C28H26N4O4S. The van der Waals surface area contributed by atoms with Gasteiger partial charge in [-0.05, 0) is 55.5 Å². The predicted molar refractivity (Wildman–Crippen MR) is 147 cm³/mol. The quantitative estimate of drug-likeness (QED) is 0.212. The van der Waals surface area contributed by atoms with Gasteiger partial charge in [0.25, 0.3) is 5.56 Å². The van der Waals surface area contributed by atoms with E-state index in [1.54, 1.807) is 14.2 Å². The first-order chi connectivity index (χ1) is 18.1. The van der Waals surface area contributed by atoms with Crippen LogP contribution in [0.4, 0.5) is 0 Å². The van der Waals surface area contributed by atoms with E-state index in [1.807, 2.05) is 79.7 Å². The summed E-state index contributed by atoms with van der Waals surface area (Å²) in [6.07, 6.45) is 0. The van der Waals surface area contributed by atoms with Gasteiger partial charge in [-0.2, -0.15) is 4.68 Å². The fraction of sp³-hybridized carbons (Fsp3) is 0.179. The van der Waals surface area contributed by atoms with Crippen molar-refractivity contribution in [3.63, 3.8) is 0 Å². The van der Waals surface area contributed by atoms with E-state index in [4.69, 9.17) is 14.2 Å². The van der Waals surface area contributed by atoms with Gasteiger partial charge in [-0.25, -0.2) is 4.98 Å². The van der Waals surface area contributed by atoms with Crippen molar-refractivity contribution in [2.75, 3.05) is 27.4 Å². The van der Waals surface area contributed by atoms with Crippen LogP contribution >= 0.6 is 11.3 Å².